The van der Waals surface area contributed by atoms with E-state index in [0.717, 1.165) is 12.8 Å². The van der Waals surface area contributed by atoms with Crippen LogP contribution in [0.1, 0.15) is 50.9 Å². The van der Waals surface area contributed by atoms with Crippen LogP contribution in [0.2, 0.25) is 0 Å². The van der Waals surface area contributed by atoms with Crippen molar-refractivity contribution in [2.24, 2.45) is 0 Å². The maximum Gasteiger partial charge on any atom is 0.514 e. The fraction of sp³-hybridized carbons (Fsp3) is 0.600. The van der Waals surface area contributed by atoms with Crippen molar-refractivity contribution in [2.45, 2.75) is 57.8 Å². The molecule has 1 saturated carbocycles. The number of aromatic carboxylic acids is 1. The van der Waals surface area contributed by atoms with E-state index in [2.05, 4.69) is 4.98 Å². The monoisotopic (exact) mass is 305 g/mol. The molecule has 6 nitrogen and oxygen atoms in total. The number of hydrogen-bond acceptors (Lipinski definition) is 5. The molecule has 3 rings (SSSR count). The van der Waals surface area contributed by atoms with Crippen LogP contribution >= 0.6 is 0 Å². The lowest BCUT2D eigenvalue weighted by atomic mass is 9.84. The molecule has 2 aliphatic rings. The number of carbonyl (C=O) groups is 1. The number of rotatable bonds is 4. The highest BCUT2D eigenvalue weighted by atomic mass is 16.7. The fourth-order valence-corrected chi connectivity index (χ4v) is 2.17. The Morgan fingerprint density at radius 1 is 1.32 bits per heavy atom. The molecule has 1 saturated heterocycles. The van der Waals surface area contributed by atoms with E-state index < -0.39 is 24.3 Å². The van der Waals surface area contributed by atoms with Crippen LogP contribution in [0.4, 0.5) is 0 Å². The van der Waals surface area contributed by atoms with Gasteiger partial charge >= 0.3 is 13.1 Å². The molecule has 1 aliphatic carbocycles. The molecule has 0 amide bonds. The van der Waals surface area contributed by atoms with E-state index >= 15 is 0 Å². The number of carboxylic acid groups (broad SMARTS) is 1. The third-order valence-electron chi connectivity index (χ3n) is 4.43. The molecule has 2 fully saturated rings. The van der Waals surface area contributed by atoms with Crippen LogP contribution in [0.5, 0.6) is 5.75 Å². The average Bonchev–Trinajstić information content (AvgIpc) is 3.17. The summed E-state index contributed by atoms with van der Waals surface area (Å²) in [7, 11) is -0.630. The lowest BCUT2D eigenvalue weighted by Gasteiger charge is -2.32. The summed E-state index contributed by atoms with van der Waals surface area (Å²) in [6, 6.07) is 1.62. The molecule has 7 heteroatoms. The minimum atomic E-state index is -1.05. The molecule has 22 heavy (non-hydrogen) atoms. The first kappa shape index (κ1) is 15.3. The third kappa shape index (κ3) is 2.70. The van der Waals surface area contributed by atoms with Gasteiger partial charge in [-0.05, 0) is 46.6 Å². The first-order valence-corrected chi connectivity index (χ1v) is 7.45. The van der Waals surface area contributed by atoms with Gasteiger partial charge in [0.15, 0.2) is 0 Å². The van der Waals surface area contributed by atoms with E-state index in [0.29, 0.717) is 11.3 Å². The Morgan fingerprint density at radius 3 is 2.41 bits per heavy atom. The number of carboxylic acids is 1. The Kier molecular flexibility index (Phi) is 3.45. The highest BCUT2D eigenvalue weighted by Crippen LogP contribution is 2.36. The Balaban J connectivity index is 1.90. The van der Waals surface area contributed by atoms with E-state index in [9.17, 15) is 9.90 Å². The topological polar surface area (TPSA) is 77.9 Å². The van der Waals surface area contributed by atoms with Crippen molar-refractivity contribution in [1.29, 1.82) is 0 Å². The zero-order chi connectivity index (χ0) is 16.1. The predicted molar refractivity (Wildman–Crippen MR) is 80.6 cm³/mol. The predicted octanol–water partition coefficient (Wildman–Crippen LogP) is 1.62. The molecule has 118 valence electrons. The van der Waals surface area contributed by atoms with Gasteiger partial charge in [0.05, 0.1) is 22.9 Å². The Morgan fingerprint density at radius 2 is 1.91 bits per heavy atom. The summed E-state index contributed by atoms with van der Waals surface area (Å²) in [4.78, 5) is 15.5. The highest BCUT2D eigenvalue weighted by molar-refractivity contribution is 6.61. The quantitative estimate of drug-likeness (QED) is 0.852. The van der Waals surface area contributed by atoms with Crippen LogP contribution in [-0.4, -0.2) is 40.5 Å². The largest absolute Gasteiger partial charge is 0.514 e. The van der Waals surface area contributed by atoms with E-state index in [-0.39, 0.29) is 11.7 Å². The second-order valence-electron chi connectivity index (χ2n) is 6.82. The van der Waals surface area contributed by atoms with Gasteiger partial charge in [0.1, 0.15) is 11.3 Å². The molecule has 1 aromatic rings. The molecule has 0 radical (unpaired) electrons. The van der Waals surface area contributed by atoms with Crippen molar-refractivity contribution in [2.75, 3.05) is 0 Å². The molecule has 1 N–H and O–H groups in total. The summed E-state index contributed by atoms with van der Waals surface area (Å²) in [5, 5.41) is 9.24. The van der Waals surface area contributed by atoms with Gasteiger partial charge in [-0.25, -0.2) is 4.79 Å². The second-order valence-corrected chi connectivity index (χ2v) is 6.82. The van der Waals surface area contributed by atoms with E-state index in [1.807, 2.05) is 27.7 Å². The van der Waals surface area contributed by atoms with Gasteiger partial charge in [0, 0.05) is 6.20 Å². The van der Waals surface area contributed by atoms with E-state index in [1.54, 1.807) is 6.07 Å². The van der Waals surface area contributed by atoms with Crippen LogP contribution < -0.4 is 10.3 Å². The van der Waals surface area contributed by atoms with Crippen LogP contribution in [0, 0.1) is 0 Å². The normalized spacial score (nSPS) is 22.6. The number of pyridine rings is 1. The van der Waals surface area contributed by atoms with Gasteiger partial charge in [0.25, 0.3) is 0 Å². The SMILES string of the molecule is CC1(C)OB(c2cc(OC3CC3)c(C(=O)O)cn2)OC1(C)C. The zero-order valence-corrected chi connectivity index (χ0v) is 13.3. The summed E-state index contributed by atoms with van der Waals surface area (Å²) in [6.45, 7) is 7.83. The van der Waals surface area contributed by atoms with Crippen molar-refractivity contribution in [3.05, 3.63) is 17.8 Å². The molecule has 0 bridgehead atoms. The Hall–Kier alpha value is -1.60. The van der Waals surface area contributed by atoms with Gasteiger partial charge in [-0.1, -0.05) is 0 Å². The van der Waals surface area contributed by atoms with Crippen LogP contribution in [-0.2, 0) is 9.31 Å². The number of nitrogens with zero attached hydrogens (tertiary/aromatic N) is 1. The van der Waals surface area contributed by atoms with Gasteiger partial charge in [-0.3, -0.25) is 4.98 Å². The summed E-state index contributed by atoms with van der Waals surface area (Å²) in [6.07, 6.45) is 3.31. The van der Waals surface area contributed by atoms with Crippen LogP contribution in [0.3, 0.4) is 0 Å². The lowest BCUT2D eigenvalue weighted by molar-refractivity contribution is 0.00578. The minimum Gasteiger partial charge on any atom is -0.489 e. The van der Waals surface area contributed by atoms with Crippen molar-refractivity contribution in [3.63, 3.8) is 0 Å². The van der Waals surface area contributed by atoms with E-state index in [4.69, 9.17) is 14.0 Å². The van der Waals surface area contributed by atoms with Crippen molar-refractivity contribution in [1.82, 2.24) is 4.98 Å². The molecule has 0 atom stereocenters. The average molecular weight is 305 g/mol. The molecular formula is C15H20BNO5. The number of ether oxygens (including phenoxy) is 1. The highest BCUT2D eigenvalue weighted by Gasteiger charge is 2.52. The minimum absolute atomic E-state index is 0.0622. The number of hydrogen-bond donors (Lipinski definition) is 1. The molecule has 1 aliphatic heterocycles. The zero-order valence-electron chi connectivity index (χ0n) is 13.3. The standard InChI is InChI=1S/C15H20BNO5/c1-14(2)15(3,4)22-16(21-14)12-7-11(20-9-5-6-9)10(8-17-12)13(18)19/h7-9H,5-6H2,1-4H3,(H,18,19). The first-order chi connectivity index (χ1) is 10.2. The van der Waals surface area contributed by atoms with Gasteiger partial charge in [-0.2, -0.15) is 0 Å². The van der Waals surface area contributed by atoms with Crippen molar-refractivity contribution >= 4 is 18.7 Å². The summed E-state index contributed by atoms with van der Waals surface area (Å²) < 4.78 is 17.6. The first-order valence-electron chi connectivity index (χ1n) is 7.45. The Bertz CT molecular complexity index is 596. The molecule has 0 spiro atoms. The van der Waals surface area contributed by atoms with Crippen LogP contribution in [0.25, 0.3) is 0 Å². The Labute approximate surface area is 129 Å². The molecule has 0 aromatic carbocycles. The summed E-state index contributed by atoms with van der Waals surface area (Å²) in [5.74, 6) is -0.724. The van der Waals surface area contributed by atoms with Crippen molar-refractivity contribution in [3.8, 4) is 5.75 Å². The van der Waals surface area contributed by atoms with Crippen molar-refractivity contribution < 1.29 is 23.9 Å². The molecule has 1 aromatic heterocycles. The maximum atomic E-state index is 11.3. The molecular weight excluding hydrogens is 285 g/mol. The second kappa shape index (κ2) is 4.96. The lowest BCUT2D eigenvalue weighted by Crippen LogP contribution is -2.41. The summed E-state index contributed by atoms with van der Waals surface area (Å²) >= 11 is 0. The number of aromatic nitrogens is 1. The van der Waals surface area contributed by atoms with E-state index in [1.165, 1.54) is 6.20 Å². The third-order valence-corrected chi connectivity index (χ3v) is 4.43. The maximum absolute atomic E-state index is 11.3. The smallest absolute Gasteiger partial charge is 0.489 e. The summed E-state index contributed by atoms with van der Waals surface area (Å²) in [5.41, 5.74) is -0.351. The molecule has 2 heterocycles. The van der Waals surface area contributed by atoms with Gasteiger partial charge in [0.2, 0.25) is 0 Å². The fourth-order valence-electron chi connectivity index (χ4n) is 2.17. The van der Waals surface area contributed by atoms with Gasteiger partial charge in [-0.15, -0.1) is 0 Å². The molecule has 0 unspecified atom stereocenters. The van der Waals surface area contributed by atoms with Gasteiger partial charge < -0.3 is 19.2 Å². The van der Waals surface area contributed by atoms with Crippen LogP contribution in [0.15, 0.2) is 12.3 Å².